The normalized spacial score (nSPS) is 28.7. The number of hydrogen-bond acceptors (Lipinski definition) is 2. The minimum absolute atomic E-state index is 0.291. The highest BCUT2D eigenvalue weighted by Crippen LogP contribution is 2.39. The molecule has 2 atom stereocenters. The van der Waals surface area contributed by atoms with E-state index in [-0.39, 0.29) is 0 Å². The van der Waals surface area contributed by atoms with Gasteiger partial charge in [-0.2, -0.15) is 11.8 Å². The van der Waals surface area contributed by atoms with Gasteiger partial charge in [-0.15, -0.1) is 0 Å². The average molecular weight is 310 g/mol. The predicted molar refractivity (Wildman–Crippen MR) is 85.3 cm³/mol. The predicted octanol–water partition coefficient (Wildman–Crippen LogP) is 3.77. The number of hydrogen-bond donors (Lipinski definition) is 0. The first-order valence-corrected chi connectivity index (χ1v) is 8.92. The van der Waals surface area contributed by atoms with E-state index in [9.17, 15) is 4.79 Å². The number of rotatable bonds is 3. The van der Waals surface area contributed by atoms with E-state index >= 15 is 0 Å². The summed E-state index contributed by atoms with van der Waals surface area (Å²) in [5, 5.41) is 1.47. The van der Waals surface area contributed by atoms with Gasteiger partial charge in [0.2, 0.25) is 5.91 Å². The zero-order chi connectivity index (χ0) is 14.1. The second kappa shape index (κ2) is 5.98. The number of halogens is 1. The van der Waals surface area contributed by atoms with Crippen LogP contribution in [0.5, 0.6) is 0 Å². The molecule has 2 aliphatic rings. The summed E-state index contributed by atoms with van der Waals surface area (Å²) in [5.74, 6) is 0.291. The van der Waals surface area contributed by atoms with Crippen LogP contribution in [-0.2, 0) is 11.2 Å². The maximum atomic E-state index is 12.6. The van der Waals surface area contributed by atoms with Gasteiger partial charge in [0.15, 0.2) is 0 Å². The number of fused-ring (bicyclic) bond motifs is 2. The Bertz CT molecular complexity index is 476. The van der Waals surface area contributed by atoms with E-state index < -0.39 is 0 Å². The fourth-order valence-electron chi connectivity index (χ4n) is 3.59. The monoisotopic (exact) mass is 309 g/mol. The fourth-order valence-corrected chi connectivity index (χ4v) is 4.55. The highest BCUT2D eigenvalue weighted by atomic mass is 35.5. The number of carbonyl (C=O) groups excluding carboxylic acids is 1. The van der Waals surface area contributed by atoms with Gasteiger partial charge in [0, 0.05) is 22.4 Å². The van der Waals surface area contributed by atoms with Crippen LogP contribution in [0.2, 0.25) is 5.02 Å². The van der Waals surface area contributed by atoms with Crippen molar-refractivity contribution >= 4 is 29.3 Å². The van der Waals surface area contributed by atoms with Gasteiger partial charge in [0.25, 0.3) is 0 Å². The average Bonchev–Trinajstić information content (AvgIpc) is 2.72. The van der Waals surface area contributed by atoms with E-state index in [0.717, 1.165) is 15.8 Å². The lowest BCUT2D eigenvalue weighted by atomic mass is 10.0. The Balaban J connectivity index is 1.67. The molecule has 2 saturated heterocycles. The van der Waals surface area contributed by atoms with Crippen molar-refractivity contribution < 1.29 is 4.79 Å². The van der Waals surface area contributed by atoms with Crippen molar-refractivity contribution in [1.29, 1.82) is 0 Å². The molecule has 0 spiro atoms. The third kappa shape index (κ3) is 2.84. The van der Waals surface area contributed by atoms with Crippen molar-refractivity contribution in [3.8, 4) is 0 Å². The third-order valence-electron chi connectivity index (χ3n) is 4.58. The maximum Gasteiger partial charge on any atom is 0.227 e. The minimum Gasteiger partial charge on any atom is -0.336 e. The topological polar surface area (TPSA) is 20.3 Å². The lowest BCUT2D eigenvalue weighted by molar-refractivity contribution is -0.134. The van der Waals surface area contributed by atoms with Crippen molar-refractivity contribution in [3.05, 3.63) is 34.9 Å². The number of carbonyl (C=O) groups is 1. The molecule has 4 heteroatoms. The lowest BCUT2D eigenvalue weighted by Crippen LogP contribution is -2.47. The first kappa shape index (κ1) is 14.3. The number of nitrogens with zero attached hydrogens (tertiary/aromatic N) is 1. The molecule has 1 aromatic rings. The zero-order valence-corrected chi connectivity index (χ0v) is 13.3. The highest BCUT2D eigenvalue weighted by molar-refractivity contribution is 7.99. The van der Waals surface area contributed by atoms with Gasteiger partial charge in [-0.1, -0.05) is 23.7 Å². The quantitative estimate of drug-likeness (QED) is 0.847. The van der Waals surface area contributed by atoms with Gasteiger partial charge >= 0.3 is 0 Å². The first-order chi connectivity index (χ1) is 9.67. The molecule has 0 aromatic heterocycles. The molecular weight excluding hydrogens is 290 g/mol. The van der Waals surface area contributed by atoms with Crippen LogP contribution in [0.25, 0.3) is 0 Å². The summed E-state index contributed by atoms with van der Waals surface area (Å²) in [5.41, 5.74) is 1.06. The number of thioether (sulfide) groups is 1. The number of benzene rings is 1. The minimum atomic E-state index is 0.291. The van der Waals surface area contributed by atoms with Crippen LogP contribution in [-0.4, -0.2) is 34.4 Å². The van der Waals surface area contributed by atoms with Gasteiger partial charge in [-0.05, 0) is 49.6 Å². The zero-order valence-electron chi connectivity index (χ0n) is 11.7. The Hall–Kier alpha value is -0.670. The van der Waals surface area contributed by atoms with Crippen molar-refractivity contribution in [2.75, 3.05) is 6.26 Å². The van der Waals surface area contributed by atoms with Gasteiger partial charge in [0.05, 0.1) is 6.42 Å². The summed E-state index contributed by atoms with van der Waals surface area (Å²) >= 11 is 7.85. The number of amides is 1. The summed E-state index contributed by atoms with van der Waals surface area (Å²) in [6.45, 7) is 0. The molecule has 0 saturated carbocycles. The Labute approximate surface area is 129 Å². The molecule has 2 aliphatic heterocycles. The van der Waals surface area contributed by atoms with Gasteiger partial charge < -0.3 is 4.90 Å². The molecule has 2 nitrogen and oxygen atoms in total. The molecule has 2 heterocycles. The van der Waals surface area contributed by atoms with Crippen LogP contribution >= 0.6 is 23.4 Å². The Kier molecular flexibility index (Phi) is 4.27. The van der Waals surface area contributed by atoms with Crippen molar-refractivity contribution in [3.63, 3.8) is 0 Å². The van der Waals surface area contributed by atoms with E-state index in [1.54, 1.807) is 0 Å². The fraction of sp³-hybridized carbons (Fsp3) is 0.562. The molecule has 2 fully saturated rings. The summed E-state index contributed by atoms with van der Waals surface area (Å²) in [4.78, 5) is 14.8. The van der Waals surface area contributed by atoms with Crippen LogP contribution in [0.4, 0.5) is 0 Å². The van der Waals surface area contributed by atoms with Crippen molar-refractivity contribution in [2.24, 2.45) is 0 Å². The van der Waals surface area contributed by atoms with Gasteiger partial charge in [-0.3, -0.25) is 4.79 Å². The molecular formula is C16H20ClNOS. The summed E-state index contributed by atoms with van der Waals surface area (Å²) in [7, 11) is 0. The van der Waals surface area contributed by atoms with Crippen molar-refractivity contribution in [2.45, 2.75) is 49.4 Å². The van der Waals surface area contributed by atoms with E-state index in [2.05, 4.69) is 11.2 Å². The largest absolute Gasteiger partial charge is 0.336 e. The second-order valence-corrected chi connectivity index (χ2v) is 7.39. The van der Waals surface area contributed by atoms with Gasteiger partial charge in [0.1, 0.15) is 0 Å². The first-order valence-electron chi connectivity index (χ1n) is 7.26. The SMILES string of the molecule is CSC1CC2CCC(C1)N2C(=O)Cc1ccc(Cl)cc1. The highest BCUT2D eigenvalue weighted by Gasteiger charge is 2.42. The van der Waals surface area contributed by atoms with E-state index in [4.69, 9.17) is 11.6 Å². The second-order valence-electron chi connectivity index (χ2n) is 5.82. The van der Waals surface area contributed by atoms with Crippen LogP contribution in [0.3, 0.4) is 0 Å². The van der Waals surface area contributed by atoms with Gasteiger partial charge in [-0.25, -0.2) is 0 Å². The third-order valence-corrected chi connectivity index (χ3v) is 5.88. The van der Waals surface area contributed by atoms with E-state index in [1.165, 1.54) is 25.7 Å². The smallest absolute Gasteiger partial charge is 0.227 e. The Morgan fingerprint density at radius 2 is 1.85 bits per heavy atom. The molecule has 108 valence electrons. The van der Waals surface area contributed by atoms with Crippen molar-refractivity contribution in [1.82, 2.24) is 4.90 Å². The standard InChI is InChI=1S/C16H20ClNOS/c1-20-15-9-13-6-7-14(10-15)18(13)16(19)8-11-2-4-12(17)5-3-11/h2-5,13-15H,6-10H2,1H3. The molecule has 20 heavy (non-hydrogen) atoms. The molecule has 0 radical (unpaired) electrons. The molecule has 1 amide bonds. The maximum absolute atomic E-state index is 12.6. The Morgan fingerprint density at radius 1 is 1.25 bits per heavy atom. The van der Waals surface area contributed by atoms with Crippen LogP contribution < -0.4 is 0 Å². The number of piperidine rings is 1. The van der Waals surface area contributed by atoms with E-state index in [0.29, 0.717) is 24.4 Å². The lowest BCUT2D eigenvalue weighted by Gasteiger charge is -2.38. The van der Waals surface area contributed by atoms with Crippen LogP contribution in [0.15, 0.2) is 24.3 Å². The van der Waals surface area contributed by atoms with E-state index in [1.807, 2.05) is 36.0 Å². The summed E-state index contributed by atoms with van der Waals surface area (Å²) in [6, 6.07) is 8.59. The molecule has 0 N–H and O–H groups in total. The summed E-state index contributed by atoms with van der Waals surface area (Å²) in [6.07, 6.45) is 7.42. The van der Waals surface area contributed by atoms with Crippen LogP contribution in [0, 0.1) is 0 Å². The molecule has 3 rings (SSSR count). The Morgan fingerprint density at radius 3 is 2.40 bits per heavy atom. The molecule has 2 bridgehead atoms. The van der Waals surface area contributed by atoms with Crippen LogP contribution in [0.1, 0.15) is 31.2 Å². The summed E-state index contributed by atoms with van der Waals surface area (Å²) < 4.78 is 0. The molecule has 1 aromatic carbocycles. The molecule has 2 unspecified atom stereocenters. The molecule has 0 aliphatic carbocycles.